The Balaban J connectivity index is 1.64. The molecule has 0 bridgehead atoms. The number of hydrogen-bond acceptors (Lipinski definition) is 1. The summed E-state index contributed by atoms with van der Waals surface area (Å²) in [4.78, 5) is 0. The maximum atomic E-state index is 13.0. The molecule has 0 aromatic heterocycles. The summed E-state index contributed by atoms with van der Waals surface area (Å²) in [5.41, 5.74) is 5.28. The highest BCUT2D eigenvalue weighted by Crippen LogP contribution is 2.39. The van der Waals surface area contributed by atoms with E-state index in [0.717, 1.165) is 19.3 Å². The number of benzene rings is 2. The van der Waals surface area contributed by atoms with E-state index in [1.807, 2.05) is 12.1 Å². The molecule has 1 fully saturated rings. The summed E-state index contributed by atoms with van der Waals surface area (Å²) in [6.45, 7) is 4.36. The van der Waals surface area contributed by atoms with Gasteiger partial charge in [0.2, 0.25) is 0 Å². The van der Waals surface area contributed by atoms with Crippen LogP contribution in [-0.2, 0) is 6.42 Å². The van der Waals surface area contributed by atoms with Crippen molar-refractivity contribution in [2.24, 2.45) is 0 Å². The third-order valence-electron chi connectivity index (χ3n) is 4.57. The minimum atomic E-state index is -0.153. The maximum Gasteiger partial charge on any atom is 0.123 e. The average Bonchev–Trinajstić information content (AvgIpc) is 2.45. The third kappa shape index (κ3) is 2.94. The smallest absolute Gasteiger partial charge is 0.123 e. The Labute approximate surface area is 126 Å². The van der Waals surface area contributed by atoms with Crippen molar-refractivity contribution in [3.8, 4) is 0 Å². The Morgan fingerprint density at radius 1 is 1.10 bits per heavy atom. The molecule has 0 heterocycles. The van der Waals surface area contributed by atoms with Crippen molar-refractivity contribution >= 4 is 5.69 Å². The quantitative estimate of drug-likeness (QED) is 0.827. The van der Waals surface area contributed by atoms with Gasteiger partial charge in [0.1, 0.15) is 5.82 Å². The maximum absolute atomic E-state index is 13.0. The van der Waals surface area contributed by atoms with Gasteiger partial charge in [0.25, 0.3) is 0 Å². The van der Waals surface area contributed by atoms with Crippen LogP contribution in [0.1, 0.15) is 42.4 Å². The first-order valence-corrected chi connectivity index (χ1v) is 7.78. The molecule has 1 N–H and O–H groups in total. The zero-order valence-corrected chi connectivity index (χ0v) is 12.7. The van der Waals surface area contributed by atoms with E-state index < -0.39 is 0 Å². The van der Waals surface area contributed by atoms with E-state index in [1.54, 1.807) is 12.1 Å². The number of hydrogen-bond donors (Lipinski definition) is 1. The van der Waals surface area contributed by atoms with Gasteiger partial charge in [-0.25, -0.2) is 4.39 Å². The fraction of sp³-hybridized carbons (Fsp3) is 0.368. The first-order chi connectivity index (χ1) is 10.2. The lowest BCUT2D eigenvalue weighted by molar-refractivity contribution is 0.373. The topological polar surface area (TPSA) is 12.0 Å². The highest BCUT2D eigenvalue weighted by molar-refractivity contribution is 5.58. The molecule has 1 aliphatic rings. The van der Waals surface area contributed by atoms with E-state index in [-0.39, 0.29) is 5.82 Å². The second-order valence-corrected chi connectivity index (χ2v) is 6.02. The predicted molar refractivity (Wildman–Crippen MR) is 86.3 cm³/mol. The highest BCUT2D eigenvalue weighted by atomic mass is 19.1. The van der Waals surface area contributed by atoms with Crippen LogP contribution in [0.3, 0.4) is 0 Å². The fourth-order valence-corrected chi connectivity index (χ4v) is 3.18. The molecule has 0 amide bonds. The van der Waals surface area contributed by atoms with Crippen LogP contribution in [-0.4, -0.2) is 6.04 Å². The van der Waals surface area contributed by atoms with E-state index in [4.69, 9.17) is 0 Å². The van der Waals surface area contributed by atoms with Gasteiger partial charge in [-0.15, -0.1) is 0 Å². The van der Waals surface area contributed by atoms with Crippen LogP contribution in [0.15, 0.2) is 42.5 Å². The predicted octanol–water partition coefficient (Wildman–Crippen LogP) is 5.05. The second-order valence-electron chi connectivity index (χ2n) is 6.02. The molecular formula is C19H22FN. The Morgan fingerprint density at radius 2 is 1.81 bits per heavy atom. The number of aryl methyl sites for hydroxylation is 2. The summed E-state index contributed by atoms with van der Waals surface area (Å²) >= 11 is 0. The largest absolute Gasteiger partial charge is 0.382 e. The summed E-state index contributed by atoms with van der Waals surface area (Å²) in [5, 5.41) is 3.70. The number of nitrogens with one attached hydrogen (secondary N) is 1. The number of para-hydroxylation sites is 1. The molecule has 0 unspecified atom stereocenters. The normalized spacial score (nSPS) is 20.9. The SMILES string of the molecule is CCc1cccc(C)c1NC1CC(c2ccc(F)cc2)C1. The molecule has 21 heavy (non-hydrogen) atoms. The van der Waals surface area contributed by atoms with Crippen molar-refractivity contribution in [2.45, 2.75) is 45.1 Å². The van der Waals surface area contributed by atoms with Gasteiger partial charge in [0.15, 0.2) is 0 Å². The van der Waals surface area contributed by atoms with Gasteiger partial charge in [-0.2, -0.15) is 0 Å². The summed E-state index contributed by atoms with van der Waals surface area (Å²) in [6.07, 6.45) is 3.31. The molecule has 1 saturated carbocycles. The zero-order chi connectivity index (χ0) is 14.8. The van der Waals surface area contributed by atoms with Gasteiger partial charge in [-0.3, -0.25) is 0 Å². The van der Waals surface area contributed by atoms with E-state index in [0.29, 0.717) is 12.0 Å². The molecule has 2 heteroatoms. The summed E-state index contributed by atoms with van der Waals surface area (Å²) in [6, 6.07) is 14.0. The van der Waals surface area contributed by atoms with Crippen molar-refractivity contribution in [1.82, 2.24) is 0 Å². The van der Waals surface area contributed by atoms with Gasteiger partial charge >= 0.3 is 0 Å². The lowest BCUT2D eigenvalue weighted by Crippen LogP contribution is -2.34. The monoisotopic (exact) mass is 283 g/mol. The molecule has 0 atom stereocenters. The molecule has 0 saturated heterocycles. The Kier molecular flexibility index (Phi) is 3.96. The Morgan fingerprint density at radius 3 is 2.48 bits per heavy atom. The molecule has 3 rings (SSSR count). The molecule has 0 spiro atoms. The molecular weight excluding hydrogens is 261 g/mol. The molecule has 1 nitrogen and oxygen atoms in total. The fourth-order valence-electron chi connectivity index (χ4n) is 3.18. The lowest BCUT2D eigenvalue weighted by Gasteiger charge is -2.37. The first-order valence-electron chi connectivity index (χ1n) is 7.78. The van der Waals surface area contributed by atoms with Gasteiger partial charge in [0, 0.05) is 11.7 Å². The van der Waals surface area contributed by atoms with E-state index in [1.165, 1.54) is 22.4 Å². The molecule has 0 aliphatic heterocycles. The van der Waals surface area contributed by atoms with Crippen LogP contribution < -0.4 is 5.32 Å². The minimum absolute atomic E-state index is 0.153. The lowest BCUT2D eigenvalue weighted by atomic mass is 9.75. The Bertz CT molecular complexity index is 612. The first kappa shape index (κ1) is 14.1. The van der Waals surface area contributed by atoms with Crippen LogP contribution in [0.4, 0.5) is 10.1 Å². The highest BCUT2D eigenvalue weighted by Gasteiger charge is 2.30. The van der Waals surface area contributed by atoms with Crippen molar-refractivity contribution in [1.29, 1.82) is 0 Å². The van der Waals surface area contributed by atoms with E-state index >= 15 is 0 Å². The van der Waals surface area contributed by atoms with Crippen LogP contribution in [0, 0.1) is 12.7 Å². The Hall–Kier alpha value is -1.83. The van der Waals surface area contributed by atoms with Crippen molar-refractivity contribution in [3.05, 3.63) is 65.0 Å². The molecule has 2 aromatic rings. The van der Waals surface area contributed by atoms with Crippen molar-refractivity contribution < 1.29 is 4.39 Å². The summed E-state index contributed by atoms with van der Waals surface area (Å²) in [5.74, 6) is 0.414. The number of anilines is 1. The summed E-state index contributed by atoms with van der Waals surface area (Å²) in [7, 11) is 0. The van der Waals surface area contributed by atoms with Crippen LogP contribution in [0.5, 0.6) is 0 Å². The number of rotatable bonds is 4. The van der Waals surface area contributed by atoms with Crippen LogP contribution >= 0.6 is 0 Å². The van der Waals surface area contributed by atoms with Crippen molar-refractivity contribution in [3.63, 3.8) is 0 Å². The summed E-state index contributed by atoms with van der Waals surface area (Å²) < 4.78 is 13.0. The second kappa shape index (κ2) is 5.88. The van der Waals surface area contributed by atoms with Gasteiger partial charge in [-0.1, -0.05) is 37.3 Å². The van der Waals surface area contributed by atoms with Gasteiger partial charge in [-0.05, 0) is 60.9 Å². The standard InChI is InChI=1S/C19H22FN/c1-3-14-6-4-5-13(2)19(14)21-18-11-16(12-18)15-7-9-17(20)10-8-15/h4-10,16,18,21H,3,11-12H2,1-2H3. The van der Waals surface area contributed by atoms with Crippen LogP contribution in [0.2, 0.25) is 0 Å². The molecule has 1 aliphatic carbocycles. The van der Waals surface area contributed by atoms with Crippen molar-refractivity contribution in [2.75, 3.05) is 5.32 Å². The molecule has 110 valence electrons. The minimum Gasteiger partial charge on any atom is -0.382 e. The molecule has 0 radical (unpaired) electrons. The average molecular weight is 283 g/mol. The van der Waals surface area contributed by atoms with E-state index in [9.17, 15) is 4.39 Å². The van der Waals surface area contributed by atoms with E-state index in [2.05, 4.69) is 37.4 Å². The van der Waals surface area contributed by atoms with Gasteiger partial charge < -0.3 is 5.32 Å². The van der Waals surface area contributed by atoms with Gasteiger partial charge in [0.05, 0.1) is 0 Å². The number of halogens is 1. The zero-order valence-electron chi connectivity index (χ0n) is 12.7. The molecule has 2 aromatic carbocycles. The third-order valence-corrected chi connectivity index (χ3v) is 4.57. The van der Waals surface area contributed by atoms with Crippen LogP contribution in [0.25, 0.3) is 0 Å².